The zero-order chi connectivity index (χ0) is 24.9. The normalized spacial score (nSPS) is 22.0. The summed E-state index contributed by atoms with van der Waals surface area (Å²) in [6, 6.07) is 17.0. The van der Waals surface area contributed by atoms with Crippen LogP contribution < -0.4 is 5.32 Å². The Morgan fingerprint density at radius 3 is 2.22 bits per heavy atom. The number of rotatable bonds is 3. The van der Waals surface area contributed by atoms with Gasteiger partial charge in [0, 0.05) is 47.8 Å². The maximum atomic E-state index is 13.4. The molecular weight excluding hydrogens is 452 g/mol. The van der Waals surface area contributed by atoms with Crippen LogP contribution in [0.4, 0.5) is 0 Å². The summed E-state index contributed by atoms with van der Waals surface area (Å²) < 4.78 is 18.1. The van der Waals surface area contributed by atoms with Crippen LogP contribution in [0.2, 0.25) is 0 Å². The molecule has 7 heteroatoms. The summed E-state index contributed by atoms with van der Waals surface area (Å²) in [7, 11) is 10.2. The van der Waals surface area contributed by atoms with E-state index >= 15 is 0 Å². The lowest BCUT2D eigenvalue weighted by Crippen LogP contribution is -2.57. The van der Waals surface area contributed by atoms with Crippen LogP contribution in [0.5, 0.6) is 0 Å². The van der Waals surface area contributed by atoms with E-state index in [1.165, 1.54) is 0 Å². The number of nitrogens with zero attached hydrogens (tertiary/aromatic N) is 3. The highest BCUT2D eigenvalue weighted by atomic mass is 16.5. The molecule has 0 spiro atoms. The maximum Gasteiger partial charge on any atom is 0.252 e. The van der Waals surface area contributed by atoms with Crippen molar-refractivity contribution in [2.75, 3.05) is 35.4 Å². The van der Waals surface area contributed by atoms with Crippen molar-refractivity contribution >= 4 is 49.5 Å². The van der Waals surface area contributed by atoms with Crippen LogP contribution in [0, 0.1) is 0 Å². The van der Waals surface area contributed by atoms with Gasteiger partial charge in [-0.2, -0.15) is 0 Å². The molecule has 2 aliphatic heterocycles. The monoisotopic (exact) mass is 483 g/mol. The Balaban J connectivity index is 1.81. The summed E-state index contributed by atoms with van der Waals surface area (Å²) in [5.74, 6) is 0.00917. The van der Waals surface area contributed by atoms with Gasteiger partial charge in [0.05, 0.1) is 49.8 Å². The van der Waals surface area contributed by atoms with E-state index in [1.54, 1.807) is 14.2 Å². The predicted octanol–water partition coefficient (Wildman–Crippen LogP) is 4.39. The van der Waals surface area contributed by atoms with Gasteiger partial charge < -0.3 is 28.4 Å². The van der Waals surface area contributed by atoms with Crippen LogP contribution in [0.1, 0.15) is 22.1 Å². The van der Waals surface area contributed by atoms with E-state index in [0.29, 0.717) is 11.0 Å². The van der Waals surface area contributed by atoms with Gasteiger partial charge in [-0.15, -0.1) is 0 Å². The smallest absolute Gasteiger partial charge is 0.252 e. The molecule has 0 saturated carbocycles. The lowest BCUT2D eigenvalue weighted by Gasteiger charge is -2.42. The minimum atomic E-state index is -0.335. The zero-order valence-corrected chi connectivity index (χ0v) is 21.3. The molecule has 3 aromatic carbocycles. The highest BCUT2D eigenvalue weighted by Gasteiger charge is 2.44. The predicted molar refractivity (Wildman–Crippen MR) is 142 cm³/mol. The van der Waals surface area contributed by atoms with Crippen molar-refractivity contribution in [1.82, 2.24) is 14.5 Å². The topological polar surface area (TPSA) is 57.4 Å². The fourth-order valence-electron chi connectivity index (χ4n) is 6.85. The minimum Gasteiger partial charge on any atom is -0.370 e. The summed E-state index contributed by atoms with van der Waals surface area (Å²) >= 11 is 0. The molecule has 1 amide bonds. The van der Waals surface area contributed by atoms with Crippen molar-refractivity contribution in [3.8, 4) is 0 Å². The number of hydrogen-bond acceptors (Lipinski definition) is 3. The largest absolute Gasteiger partial charge is 0.370 e. The van der Waals surface area contributed by atoms with Gasteiger partial charge in [-0.3, -0.25) is 4.79 Å². The number of quaternary nitrogens is 1. The van der Waals surface area contributed by atoms with Gasteiger partial charge in [0.25, 0.3) is 5.91 Å². The fourth-order valence-corrected chi connectivity index (χ4v) is 6.85. The lowest BCUT2D eigenvalue weighted by atomic mass is 9.96. The molecule has 0 radical (unpaired) electrons. The molecule has 0 aliphatic carbocycles. The molecule has 0 fully saturated rings. The average Bonchev–Trinajstić information content (AvgIpc) is 3.49. The third-order valence-corrected chi connectivity index (χ3v) is 8.41. The van der Waals surface area contributed by atoms with Crippen molar-refractivity contribution in [3.05, 3.63) is 59.7 Å². The van der Waals surface area contributed by atoms with Gasteiger partial charge in [0.15, 0.2) is 12.3 Å². The Kier molecular flexibility index (Phi) is 4.44. The van der Waals surface area contributed by atoms with Crippen molar-refractivity contribution in [3.63, 3.8) is 0 Å². The lowest BCUT2D eigenvalue weighted by molar-refractivity contribution is -0.901. The van der Waals surface area contributed by atoms with Crippen LogP contribution in [-0.4, -0.2) is 67.0 Å². The number of hydrogen-bond donors (Lipinski definition) is 1. The molecule has 184 valence electrons. The molecule has 2 aliphatic rings. The summed E-state index contributed by atoms with van der Waals surface area (Å²) in [5.41, 5.74) is 6.35. The second-order valence-corrected chi connectivity index (χ2v) is 11.0. The van der Waals surface area contributed by atoms with E-state index in [0.717, 1.165) is 61.3 Å². The summed E-state index contributed by atoms with van der Waals surface area (Å²) in [6.45, 7) is 1.27. The highest BCUT2D eigenvalue weighted by molar-refractivity contribution is 6.30. The second-order valence-electron chi connectivity index (χ2n) is 11.0. The standard InChI is InChI=1S/C29H30N4O3/c1-33(2,3)21-15-31-19-12-8-6-10-16(19)23-24-18(14-30-28(24)34)22-17-11-7-9-13-20(17)32(26(22)25(23)31)29(36-5)27(21)35-4/h6-13,21,27,29H,14-15H2,1-5H3/p+1. The van der Waals surface area contributed by atoms with E-state index in [9.17, 15) is 4.79 Å². The van der Waals surface area contributed by atoms with Crippen molar-refractivity contribution < 1.29 is 18.8 Å². The number of fused-ring (bicyclic) bond motifs is 9. The molecule has 0 bridgehead atoms. The number of para-hydroxylation sites is 2. The number of benzene rings is 3. The number of aromatic nitrogens is 2. The van der Waals surface area contributed by atoms with E-state index < -0.39 is 0 Å². The minimum absolute atomic E-state index is 0.00917. The summed E-state index contributed by atoms with van der Waals surface area (Å²) in [4.78, 5) is 13.4. The first-order chi connectivity index (χ1) is 17.4. The first-order valence-corrected chi connectivity index (χ1v) is 12.5. The molecule has 5 aromatic rings. The van der Waals surface area contributed by atoms with Gasteiger partial charge in [-0.05, 0) is 17.7 Å². The van der Waals surface area contributed by atoms with Gasteiger partial charge in [-0.1, -0.05) is 36.4 Å². The van der Waals surface area contributed by atoms with Gasteiger partial charge in [0.2, 0.25) is 0 Å². The molecule has 7 rings (SSSR count). The van der Waals surface area contributed by atoms with Crippen LogP contribution >= 0.6 is 0 Å². The second kappa shape index (κ2) is 7.32. The van der Waals surface area contributed by atoms with E-state index in [4.69, 9.17) is 9.47 Å². The van der Waals surface area contributed by atoms with E-state index in [2.05, 4.69) is 84.1 Å². The Labute approximate surface area is 209 Å². The number of carbonyl (C=O) groups is 1. The Morgan fingerprint density at radius 1 is 0.889 bits per heavy atom. The Morgan fingerprint density at radius 2 is 1.56 bits per heavy atom. The average molecular weight is 484 g/mol. The quantitative estimate of drug-likeness (QED) is 0.387. The van der Waals surface area contributed by atoms with Gasteiger partial charge in [-0.25, -0.2) is 0 Å². The number of likely N-dealkylation sites (N-methyl/N-ethyl adjacent to an activating group) is 1. The number of methoxy groups -OCH3 is 2. The summed E-state index contributed by atoms with van der Waals surface area (Å²) in [6.07, 6.45) is -0.538. The van der Waals surface area contributed by atoms with E-state index in [-0.39, 0.29) is 24.3 Å². The molecule has 2 aromatic heterocycles. The molecule has 1 N–H and O–H groups in total. The Hall–Kier alpha value is -3.39. The van der Waals surface area contributed by atoms with Crippen LogP contribution in [-0.2, 0) is 22.6 Å². The fraction of sp³-hybridized carbons (Fsp3) is 0.345. The molecule has 0 saturated heterocycles. The van der Waals surface area contributed by atoms with Crippen LogP contribution in [0.25, 0.3) is 43.6 Å². The number of nitrogens with one attached hydrogen (secondary N) is 1. The maximum absolute atomic E-state index is 13.4. The van der Waals surface area contributed by atoms with E-state index in [1.807, 2.05) is 0 Å². The van der Waals surface area contributed by atoms with Crippen molar-refractivity contribution in [2.24, 2.45) is 0 Å². The number of amides is 1. The number of ether oxygens (including phenoxy) is 2. The van der Waals surface area contributed by atoms with Crippen LogP contribution in [0.15, 0.2) is 48.5 Å². The SMILES string of the molecule is COC1C(OC)n2c3ccccc3c3c4c(c5c6ccccc6n(c5c32)CC1[N+](C)(C)C)C(=O)NC4. The highest BCUT2D eigenvalue weighted by Crippen LogP contribution is 2.48. The molecular formula is C29H31N4O3+. The van der Waals surface area contributed by atoms with Gasteiger partial charge in [0.1, 0.15) is 6.04 Å². The number of carbonyl (C=O) groups excluding carboxylic acids is 1. The van der Waals surface area contributed by atoms with Crippen LogP contribution in [0.3, 0.4) is 0 Å². The zero-order valence-electron chi connectivity index (χ0n) is 21.3. The third kappa shape index (κ3) is 2.60. The summed E-state index contributed by atoms with van der Waals surface area (Å²) in [5, 5.41) is 7.56. The first-order valence-electron chi connectivity index (χ1n) is 12.5. The molecule has 3 unspecified atom stereocenters. The molecule has 36 heavy (non-hydrogen) atoms. The molecule has 3 atom stereocenters. The van der Waals surface area contributed by atoms with Crippen molar-refractivity contribution in [2.45, 2.75) is 31.5 Å². The van der Waals surface area contributed by atoms with Gasteiger partial charge >= 0.3 is 0 Å². The molecule has 4 heterocycles. The molecule has 7 nitrogen and oxygen atoms in total. The first kappa shape index (κ1) is 21.9. The Bertz CT molecular complexity index is 1720. The third-order valence-electron chi connectivity index (χ3n) is 8.41. The van der Waals surface area contributed by atoms with Crippen molar-refractivity contribution in [1.29, 1.82) is 0 Å².